The molecular weight excluding hydrogens is 358 g/mol. The Morgan fingerprint density at radius 2 is 1.93 bits per heavy atom. The highest BCUT2D eigenvalue weighted by Gasteiger charge is 2.23. The van der Waals surface area contributed by atoms with Gasteiger partial charge in [-0.25, -0.2) is 4.79 Å². The maximum atomic E-state index is 12.4. The molecule has 0 bridgehead atoms. The van der Waals surface area contributed by atoms with Crippen molar-refractivity contribution in [1.29, 1.82) is 0 Å². The second-order valence-corrected chi connectivity index (χ2v) is 7.07. The van der Waals surface area contributed by atoms with Crippen LogP contribution in [0.1, 0.15) is 35.7 Å². The molecule has 1 aliphatic carbocycles. The van der Waals surface area contributed by atoms with Crippen molar-refractivity contribution in [1.82, 2.24) is 10.2 Å². The number of anilines is 1. The van der Waals surface area contributed by atoms with Crippen LogP contribution < -0.4 is 15.7 Å². The number of benzene rings is 1. The monoisotopic (exact) mass is 379 g/mol. The van der Waals surface area contributed by atoms with E-state index in [-0.39, 0.29) is 11.5 Å². The van der Waals surface area contributed by atoms with Gasteiger partial charge < -0.3 is 14.5 Å². The molecule has 0 aliphatic heterocycles. The Balaban J connectivity index is 1.58. The van der Waals surface area contributed by atoms with E-state index in [0.29, 0.717) is 22.7 Å². The second kappa shape index (κ2) is 7.07. The number of fused-ring (bicyclic) bond motifs is 3. The standard InChI is InChI=1S/C21H21N3O4/c1-11-7-10-18(24-23-11)22-20(25)13(3)27-17-9-8-15-14-5-4-6-16(14)21(26)28-19(15)12(17)2/h7-10,13H,4-6H2,1-3H3,(H,22,24,25). The summed E-state index contributed by atoms with van der Waals surface area (Å²) in [6, 6.07) is 7.18. The Kier molecular flexibility index (Phi) is 4.58. The average Bonchev–Trinajstić information content (AvgIpc) is 3.17. The van der Waals surface area contributed by atoms with Gasteiger partial charge >= 0.3 is 5.63 Å². The molecule has 0 fully saturated rings. The van der Waals surface area contributed by atoms with E-state index in [1.54, 1.807) is 19.1 Å². The number of aryl methyl sites for hydroxylation is 3. The molecule has 1 aromatic carbocycles. The summed E-state index contributed by atoms with van der Waals surface area (Å²) in [6.07, 6.45) is 1.85. The molecule has 1 aliphatic rings. The minimum Gasteiger partial charge on any atom is -0.480 e. The maximum Gasteiger partial charge on any atom is 0.339 e. The van der Waals surface area contributed by atoms with E-state index < -0.39 is 6.10 Å². The van der Waals surface area contributed by atoms with Gasteiger partial charge in [-0.1, -0.05) is 0 Å². The van der Waals surface area contributed by atoms with Crippen molar-refractivity contribution < 1.29 is 13.9 Å². The summed E-state index contributed by atoms with van der Waals surface area (Å²) in [5.74, 6) is 0.530. The average molecular weight is 379 g/mol. The van der Waals surface area contributed by atoms with Crippen LogP contribution in [0.2, 0.25) is 0 Å². The number of aromatic nitrogens is 2. The van der Waals surface area contributed by atoms with E-state index in [0.717, 1.165) is 41.5 Å². The van der Waals surface area contributed by atoms with Crippen LogP contribution in [0.4, 0.5) is 5.82 Å². The fourth-order valence-electron chi connectivity index (χ4n) is 3.53. The SMILES string of the molecule is Cc1ccc(NC(=O)C(C)Oc2ccc3c4c(c(=O)oc3c2C)CCC4)nn1. The van der Waals surface area contributed by atoms with Gasteiger partial charge in [-0.05, 0) is 69.9 Å². The summed E-state index contributed by atoms with van der Waals surface area (Å²) >= 11 is 0. The molecule has 0 spiro atoms. The lowest BCUT2D eigenvalue weighted by atomic mass is 10.0. The molecule has 1 amide bonds. The maximum absolute atomic E-state index is 12.4. The minimum atomic E-state index is -0.764. The summed E-state index contributed by atoms with van der Waals surface area (Å²) in [5.41, 5.74) is 3.59. The fourth-order valence-corrected chi connectivity index (χ4v) is 3.53. The molecule has 28 heavy (non-hydrogen) atoms. The highest BCUT2D eigenvalue weighted by molar-refractivity contribution is 5.93. The number of rotatable bonds is 4. The lowest BCUT2D eigenvalue weighted by Gasteiger charge is -2.17. The van der Waals surface area contributed by atoms with Gasteiger partial charge in [0.2, 0.25) is 0 Å². The first-order valence-electron chi connectivity index (χ1n) is 9.30. The summed E-state index contributed by atoms with van der Waals surface area (Å²) in [6.45, 7) is 5.30. The predicted octanol–water partition coefficient (Wildman–Crippen LogP) is 3.09. The molecule has 1 unspecified atom stereocenters. The Morgan fingerprint density at radius 3 is 2.68 bits per heavy atom. The van der Waals surface area contributed by atoms with Crippen molar-refractivity contribution in [3.63, 3.8) is 0 Å². The molecule has 1 atom stereocenters. The highest BCUT2D eigenvalue weighted by Crippen LogP contribution is 2.33. The quantitative estimate of drug-likeness (QED) is 0.700. The normalized spacial score (nSPS) is 14.0. The fraction of sp³-hybridized carbons (Fsp3) is 0.333. The molecule has 7 heteroatoms. The van der Waals surface area contributed by atoms with Crippen LogP contribution in [0.25, 0.3) is 11.0 Å². The van der Waals surface area contributed by atoms with Crippen LogP contribution in [0.5, 0.6) is 5.75 Å². The van der Waals surface area contributed by atoms with Gasteiger partial charge in [-0.2, -0.15) is 5.10 Å². The topological polar surface area (TPSA) is 94.3 Å². The second-order valence-electron chi connectivity index (χ2n) is 7.07. The van der Waals surface area contributed by atoms with Crippen LogP contribution in [-0.4, -0.2) is 22.2 Å². The van der Waals surface area contributed by atoms with Crippen molar-refractivity contribution in [3.8, 4) is 5.75 Å². The molecule has 1 N–H and O–H groups in total. The van der Waals surface area contributed by atoms with Crippen LogP contribution in [0.3, 0.4) is 0 Å². The largest absolute Gasteiger partial charge is 0.480 e. The number of amides is 1. The first-order chi connectivity index (χ1) is 13.4. The number of nitrogens with zero attached hydrogens (tertiary/aromatic N) is 2. The van der Waals surface area contributed by atoms with E-state index in [2.05, 4.69) is 15.5 Å². The molecule has 2 heterocycles. The van der Waals surface area contributed by atoms with E-state index in [9.17, 15) is 9.59 Å². The van der Waals surface area contributed by atoms with Crippen LogP contribution in [-0.2, 0) is 17.6 Å². The first kappa shape index (κ1) is 18.2. The first-order valence-corrected chi connectivity index (χ1v) is 9.30. The van der Waals surface area contributed by atoms with Crippen LogP contribution in [0.15, 0.2) is 33.5 Å². The van der Waals surface area contributed by atoms with Gasteiger partial charge in [0, 0.05) is 16.5 Å². The van der Waals surface area contributed by atoms with Crippen LogP contribution in [0, 0.1) is 13.8 Å². The summed E-state index contributed by atoms with van der Waals surface area (Å²) in [5, 5.41) is 11.5. The minimum absolute atomic E-state index is 0.274. The number of hydrogen-bond donors (Lipinski definition) is 1. The smallest absolute Gasteiger partial charge is 0.339 e. The van der Waals surface area contributed by atoms with Gasteiger partial charge in [0.05, 0.1) is 5.69 Å². The lowest BCUT2D eigenvalue weighted by molar-refractivity contribution is -0.122. The van der Waals surface area contributed by atoms with E-state index >= 15 is 0 Å². The molecule has 0 saturated heterocycles. The number of carbonyl (C=O) groups excluding carboxylic acids is 1. The van der Waals surface area contributed by atoms with E-state index in [4.69, 9.17) is 9.15 Å². The third kappa shape index (κ3) is 3.24. The summed E-state index contributed by atoms with van der Waals surface area (Å²) in [4.78, 5) is 24.7. The molecular formula is C21H21N3O4. The third-order valence-corrected chi connectivity index (χ3v) is 5.06. The number of hydrogen-bond acceptors (Lipinski definition) is 6. The van der Waals surface area contributed by atoms with Gasteiger partial charge in [0.1, 0.15) is 11.3 Å². The van der Waals surface area contributed by atoms with Crippen molar-refractivity contribution in [2.45, 2.75) is 46.1 Å². The van der Waals surface area contributed by atoms with E-state index in [1.165, 1.54) is 0 Å². The van der Waals surface area contributed by atoms with Crippen molar-refractivity contribution in [2.24, 2.45) is 0 Å². The molecule has 0 radical (unpaired) electrons. The number of carbonyl (C=O) groups is 1. The van der Waals surface area contributed by atoms with Gasteiger partial charge in [0.15, 0.2) is 11.9 Å². The van der Waals surface area contributed by atoms with Crippen molar-refractivity contribution >= 4 is 22.7 Å². The van der Waals surface area contributed by atoms with Gasteiger partial charge in [0.25, 0.3) is 5.91 Å². The Morgan fingerprint density at radius 1 is 1.14 bits per heavy atom. The zero-order valence-corrected chi connectivity index (χ0v) is 16.0. The lowest BCUT2D eigenvalue weighted by Crippen LogP contribution is -2.30. The molecule has 144 valence electrons. The molecule has 2 aromatic heterocycles. The highest BCUT2D eigenvalue weighted by atomic mass is 16.5. The zero-order valence-electron chi connectivity index (χ0n) is 16.0. The molecule has 7 nitrogen and oxygen atoms in total. The molecule has 4 rings (SSSR count). The third-order valence-electron chi connectivity index (χ3n) is 5.06. The number of nitrogens with one attached hydrogen (secondary N) is 1. The molecule has 3 aromatic rings. The number of ether oxygens (including phenoxy) is 1. The Labute approximate surface area is 161 Å². The van der Waals surface area contributed by atoms with E-state index in [1.807, 2.05) is 26.0 Å². The van der Waals surface area contributed by atoms with Gasteiger partial charge in [-0.3, -0.25) is 4.79 Å². The Bertz CT molecular complexity index is 1120. The van der Waals surface area contributed by atoms with Crippen molar-refractivity contribution in [2.75, 3.05) is 5.32 Å². The molecule has 0 saturated carbocycles. The van der Waals surface area contributed by atoms with Crippen LogP contribution >= 0.6 is 0 Å². The van der Waals surface area contributed by atoms with Gasteiger partial charge in [-0.15, -0.1) is 5.10 Å². The predicted molar refractivity (Wildman–Crippen MR) is 105 cm³/mol. The summed E-state index contributed by atoms with van der Waals surface area (Å²) in [7, 11) is 0. The zero-order chi connectivity index (χ0) is 19.8. The Hall–Kier alpha value is -3.22. The van der Waals surface area contributed by atoms with Crippen molar-refractivity contribution in [3.05, 3.63) is 57.1 Å². The summed E-state index contributed by atoms with van der Waals surface area (Å²) < 4.78 is 11.4.